The Labute approximate surface area is 121 Å². The monoisotopic (exact) mass is 304 g/mol. The second-order valence-corrected chi connectivity index (χ2v) is 5.60. The van der Waals surface area contributed by atoms with Crippen LogP contribution >= 0.6 is 23.2 Å². The summed E-state index contributed by atoms with van der Waals surface area (Å²) in [6.07, 6.45) is 0. The van der Waals surface area contributed by atoms with Gasteiger partial charge in [0.05, 0.1) is 4.92 Å². The molecule has 0 aliphatic carbocycles. The van der Waals surface area contributed by atoms with Crippen LogP contribution < -0.4 is 5.32 Å². The second kappa shape index (κ2) is 6.21. The zero-order valence-corrected chi connectivity index (χ0v) is 12.1. The number of hydrogen-bond donors (Lipinski definition) is 1. The number of benzene rings is 1. The number of nitrogens with zero attached hydrogens (tertiary/aromatic N) is 1. The number of nitro benzene ring substituents is 1. The third-order valence-electron chi connectivity index (χ3n) is 2.49. The van der Waals surface area contributed by atoms with Crippen LogP contribution in [0.2, 0.25) is 5.02 Å². The Morgan fingerprint density at radius 1 is 1.47 bits per heavy atom. The van der Waals surface area contributed by atoms with E-state index in [1.165, 1.54) is 18.2 Å². The molecule has 0 aliphatic heterocycles. The average Bonchev–Trinajstić information content (AvgIpc) is 2.35. The minimum absolute atomic E-state index is 0.0529. The summed E-state index contributed by atoms with van der Waals surface area (Å²) in [6, 6.07) is 3.87. The number of nitrogens with one attached hydrogen (secondary N) is 1. The van der Waals surface area contributed by atoms with Crippen LogP contribution in [0, 0.1) is 15.5 Å². The maximum Gasteiger partial charge on any atom is 0.282 e. The van der Waals surface area contributed by atoms with Gasteiger partial charge in [0.15, 0.2) is 0 Å². The van der Waals surface area contributed by atoms with Crippen LogP contribution in [0.25, 0.3) is 0 Å². The highest BCUT2D eigenvalue weighted by Gasteiger charge is 2.23. The highest BCUT2D eigenvalue weighted by atomic mass is 35.5. The van der Waals surface area contributed by atoms with Gasteiger partial charge in [0, 0.05) is 23.5 Å². The maximum absolute atomic E-state index is 12.0. The Kier molecular flexibility index (Phi) is 5.14. The van der Waals surface area contributed by atoms with E-state index in [1.54, 1.807) is 0 Å². The summed E-state index contributed by atoms with van der Waals surface area (Å²) in [5.41, 5.74) is -0.613. The zero-order chi connectivity index (χ0) is 14.6. The minimum atomic E-state index is -0.613. The first kappa shape index (κ1) is 15.7. The molecule has 7 heteroatoms. The SMILES string of the molecule is CC(C)(CCl)CNC(=O)c1cc(Cl)ccc1[N+](=O)[O-]. The van der Waals surface area contributed by atoms with Crippen LogP contribution in [0.15, 0.2) is 18.2 Å². The van der Waals surface area contributed by atoms with Crippen LogP contribution in [-0.4, -0.2) is 23.3 Å². The van der Waals surface area contributed by atoms with Crippen molar-refractivity contribution in [2.24, 2.45) is 5.41 Å². The van der Waals surface area contributed by atoms with E-state index >= 15 is 0 Å². The lowest BCUT2D eigenvalue weighted by molar-refractivity contribution is -0.385. The summed E-state index contributed by atoms with van der Waals surface area (Å²) in [6.45, 7) is 4.08. The Bertz CT molecular complexity index is 504. The fraction of sp³-hybridized carbons (Fsp3) is 0.417. The summed E-state index contributed by atoms with van der Waals surface area (Å²) in [7, 11) is 0. The fourth-order valence-electron chi connectivity index (χ4n) is 1.31. The van der Waals surface area contributed by atoms with Crippen molar-refractivity contribution < 1.29 is 9.72 Å². The van der Waals surface area contributed by atoms with Gasteiger partial charge in [0.25, 0.3) is 11.6 Å². The van der Waals surface area contributed by atoms with Gasteiger partial charge in [-0.25, -0.2) is 0 Å². The first-order chi connectivity index (χ1) is 8.76. The molecule has 104 valence electrons. The number of carbonyl (C=O) groups excluding carboxylic acids is 1. The van der Waals surface area contributed by atoms with E-state index in [1.807, 2.05) is 13.8 Å². The van der Waals surface area contributed by atoms with Crippen molar-refractivity contribution in [3.05, 3.63) is 38.9 Å². The van der Waals surface area contributed by atoms with Gasteiger partial charge in [-0.3, -0.25) is 14.9 Å². The number of halogens is 2. The van der Waals surface area contributed by atoms with Gasteiger partial charge in [-0.2, -0.15) is 0 Å². The van der Waals surface area contributed by atoms with Crippen molar-refractivity contribution in [1.82, 2.24) is 5.32 Å². The fourth-order valence-corrected chi connectivity index (χ4v) is 1.58. The van der Waals surface area contributed by atoms with Crippen LogP contribution in [0.4, 0.5) is 5.69 Å². The minimum Gasteiger partial charge on any atom is -0.351 e. The molecule has 1 amide bonds. The van der Waals surface area contributed by atoms with Crippen LogP contribution in [0.5, 0.6) is 0 Å². The summed E-state index contributed by atoms with van der Waals surface area (Å²) >= 11 is 11.5. The third kappa shape index (κ3) is 4.36. The Balaban J connectivity index is 2.93. The van der Waals surface area contributed by atoms with E-state index in [0.29, 0.717) is 12.4 Å². The summed E-state index contributed by atoms with van der Waals surface area (Å²) in [4.78, 5) is 22.2. The highest BCUT2D eigenvalue weighted by Crippen LogP contribution is 2.23. The van der Waals surface area contributed by atoms with E-state index in [0.717, 1.165) is 0 Å². The Morgan fingerprint density at radius 2 is 2.11 bits per heavy atom. The topological polar surface area (TPSA) is 72.2 Å². The highest BCUT2D eigenvalue weighted by molar-refractivity contribution is 6.31. The molecule has 0 atom stereocenters. The second-order valence-electron chi connectivity index (χ2n) is 4.90. The van der Waals surface area contributed by atoms with E-state index in [4.69, 9.17) is 23.2 Å². The molecule has 0 spiro atoms. The largest absolute Gasteiger partial charge is 0.351 e. The quantitative estimate of drug-likeness (QED) is 0.515. The normalized spacial score (nSPS) is 11.2. The van der Waals surface area contributed by atoms with Gasteiger partial charge in [0.1, 0.15) is 5.56 Å². The lowest BCUT2D eigenvalue weighted by atomic mass is 9.96. The molecule has 0 heterocycles. The Hall–Kier alpha value is -1.33. The zero-order valence-electron chi connectivity index (χ0n) is 10.6. The lowest BCUT2D eigenvalue weighted by Crippen LogP contribution is -2.35. The predicted octanol–water partition coefficient (Wildman–Crippen LogP) is 3.24. The summed E-state index contributed by atoms with van der Waals surface area (Å²) < 4.78 is 0. The standard InChI is InChI=1S/C12H14Cl2N2O3/c1-12(2,6-13)7-15-11(17)9-5-8(14)3-4-10(9)16(18)19/h3-5H,6-7H2,1-2H3,(H,15,17). The van der Waals surface area contributed by atoms with Crippen LogP contribution in [-0.2, 0) is 0 Å². The number of carbonyl (C=O) groups is 1. The van der Waals surface area contributed by atoms with Crippen molar-refractivity contribution in [1.29, 1.82) is 0 Å². The van der Waals surface area contributed by atoms with E-state index in [2.05, 4.69) is 5.32 Å². The summed E-state index contributed by atoms with van der Waals surface area (Å²) in [5, 5.41) is 13.8. The molecular formula is C12H14Cl2N2O3. The van der Waals surface area contributed by atoms with E-state index < -0.39 is 10.8 Å². The third-order valence-corrected chi connectivity index (χ3v) is 3.45. The van der Waals surface area contributed by atoms with Gasteiger partial charge < -0.3 is 5.32 Å². The maximum atomic E-state index is 12.0. The average molecular weight is 305 g/mol. The van der Waals surface area contributed by atoms with E-state index in [9.17, 15) is 14.9 Å². The van der Waals surface area contributed by atoms with Crippen molar-refractivity contribution in [3.63, 3.8) is 0 Å². The van der Waals surface area contributed by atoms with Gasteiger partial charge >= 0.3 is 0 Å². The van der Waals surface area contributed by atoms with Gasteiger partial charge in [-0.05, 0) is 17.5 Å². The Morgan fingerprint density at radius 3 is 2.63 bits per heavy atom. The number of nitro groups is 1. The molecule has 1 N–H and O–H groups in total. The molecular weight excluding hydrogens is 291 g/mol. The van der Waals surface area contributed by atoms with Gasteiger partial charge in [-0.15, -0.1) is 11.6 Å². The van der Waals surface area contributed by atoms with Crippen molar-refractivity contribution >= 4 is 34.8 Å². The van der Waals surface area contributed by atoms with Crippen molar-refractivity contribution in [3.8, 4) is 0 Å². The number of alkyl halides is 1. The lowest BCUT2D eigenvalue weighted by Gasteiger charge is -2.21. The first-order valence-corrected chi connectivity index (χ1v) is 6.46. The molecule has 1 aromatic carbocycles. The molecule has 0 unspecified atom stereocenters. The van der Waals surface area contributed by atoms with Crippen LogP contribution in [0.1, 0.15) is 24.2 Å². The summed E-state index contributed by atoms with van der Waals surface area (Å²) in [5.74, 6) is -0.169. The molecule has 1 aromatic rings. The number of rotatable bonds is 5. The number of amides is 1. The molecule has 19 heavy (non-hydrogen) atoms. The van der Waals surface area contributed by atoms with Gasteiger partial charge in [-0.1, -0.05) is 25.4 Å². The smallest absolute Gasteiger partial charge is 0.282 e. The van der Waals surface area contributed by atoms with Gasteiger partial charge in [0.2, 0.25) is 0 Å². The van der Waals surface area contributed by atoms with Crippen molar-refractivity contribution in [2.75, 3.05) is 12.4 Å². The molecule has 0 fully saturated rings. The molecule has 0 aliphatic rings. The molecule has 0 aromatic heterocycles. The molecule has 0 radical (unpaired) electrons. The number of hydrogen-bond acceptors (Lipinski definition) is 3. The molecule has 5 nitrogen and oxygen atoms in total. The van der Waals surface area contributed by atoms with E-state index in [-0.39, 0.29) is 21.7 Å². The first-order valence-electron chi connectivity index (χ1n) is 5.55. The predicted molar refractivity (Wildman–Crippen MR) is 74.9 cm³/mol. The molecule has 0 bridgehead atoms. The molecule has 0 saturated carbocycles. The molecule has 0 saturated heterocycles. The molecule has 1 rings (SSSR count). The van der Waals surface area contributed by atoms with Crippen LogP contribution in [0.3, 0.4) is 0 Å². The van der Waals surface area contributed by atoms with Crippen molar-refractivity contribution in [2.45, 2.75) is 13.8 Å².